The van der Waals surface area contributed by atoms with Gasteiger partial charge in [-0.05, 0) is 31.6 Å². The molecular weight excluding hydrogens is 254 g/mol. The van der Waals surface area contributed by atoms with E-state index in [9.17, 15) is 14.7 Å². The van der Waals surface area contributed by atoms with Gasteiger partial charge in [0.15, 0.2) is 0 Å². The molecule has 20 heavy (non-hydrogen) atoms. The van der Waals surface area contributed by atoms with Gasteiger partial charge in [-0.1, -0.05) is 25.8 Å². The zero-order chi connectivity index (χ0) is 14.7. The minimum absolute atomic E-state index is 0.0357. The van der Waals surface area contributed by atoms with E-state index in [2.05, 4.69) is 6.58 Å². The van der Waals surface area contributed by atoms with Gasteiger partial charge >= 0.3 is 5.97 Å². The summed E-state index contributed by atoms with van der Waals surface area (Å²) in [6, 6.07) is 0.283. The van der Waals surface area contributed by atoms with Gasteiger partial charge in [0, 0.05) is 12.6 Å². The summed E-state index contributed by atoms with van der Waals surface area (Å²) < 4.78 is 0. The van der Waals surface area contributed by atoms with Crippen molar-refractivity contribution in [2.75, 3.05) is 6.54 Å². The molecule has 4 heteroatoms. The van der Waals surface area contributed by atoms with Crippen LogP contribution in [-0.2, 0) is 9.59 Å². The van der Waals surface area contributed by atoms with E-state index in [4.69, 9.17) is 0 Å². The maximum atomic E-state index is 12.8. The van der Waals surface area contributed by atoms with Gasteiger partial charge in [-0.3, -0.25) is 9.59 Å². The zero-order valence-corrected chi connectivity index (χ0v) is 12.3. The van der Waals surface area contributed by atoms with Crippen LogP contribution in [0.5, 0.6) is 0 Å². The molecule has 2 aliphatic carbocycles. The molecule has 2 rings (SSSR count). The van der Waals surface area contributed by atoms with Crippen LogP contribution < -0.4 is 0 Å². The van der Waals surface area contributed by atoms with Gasteiger partial charge in [0.25, 0.3) is 0 Å². The van der Waals surface area contributed by atoms with Gasteiger partial charge in [0.2, 0.25) is 5.91 Å². The van der Waals surface area contributed by atoms with E-state index in [0.717, 1.165) is 25.7 Å². The Morgan fingerprint density at radius 1 is 1.25 bits per heavy atom. The highest BCUT2D eigenvalue weighted by molar-refractivity contribution is 5.85. The minimum Gasteiger partial charge on any atom is -0.481 e. The summed E-state index contributed by atoms with van der Waals surface area (Å²) in [4.78, 5) is 26.1. The topological polar surface area (TPSA) is 57.6 Å². The first-order chi connectivity index (χ1) is 9.54. The first kappa shape index (κ1) is 15.1. The molecule has 0 aromatic heterocycles. The third kappa shape index (κ3) is 3.05. The van der Waals surface area contributed by atoms with E-state index in [-0.39, 0.29) is 17.9 Å². The predicted molar refractivity (Wildman–Crippen MR) is 77.2 cm³/mol. The number of hydrogen-bond acceptors (Lipinski definition) is 2. The number of amides is 1. The summed E-state index contributed by atoms with van der Waals surface area (Å²) in [5.41, 5.74) is 0. The molecule has 2 fully saturated rings. The Hall–Kier alpha value is -1.32. The zero-order valence-electron chi connectivity index (χ0n) is 12.3. The number of carbonyl (C=O) groups is 2. The maximum Gasteiger partial charge on any atom is 0.307 e. The number of nitrogens with zero attached hydrogens (tertiary/aromatic N) is 1. The summed E-state index contributed by atoms with van der Waals surface area (Å²) in [5, 5.41) is 9.34. The second-order valence-electron chi connectivity index (χ2n) is 6.35. The van der Waals surface area contributed by atoms with Crippen molar-refractivity contribution in [2.45, 2.75) is 51.5 Å². The molecular formula is C16H25NO3. The van der Waals surface area contributed by atoms with E-state index < -0.39 is 11.9 Å². The van der Waals surface area contributed by atoms with E-state index in [1.807, 2.05) is 11.8 Å². The summed E-state index contributed by atoms with van der Waals surface area (Å²) in [6.45, 7) is 6.32. The first-order valence-electron chi connectivity index (χ1n) is 7.68. The molecule has 2 saturated carbocycles. The lowest BCUT2D eigenvalue weighted by atomic mass is 9.94. The van der Waals surface area contributed by atoms with Crippen LogP contribution in [0, 0.1) is 17.8 Å². The molecule has 2 aliphatic rings. The molecule has 0 spiro atoms. The van der Waals surface area contributed by atoms with Crippen LogP contribution in [0.15, 0.2) is 12.7 Å². The number of carboxylic acid groups (broad SMARTS) is 1. The largest absolute Gasteiger partial charge is 0.481 e. The molecule has 1 amide bonds. The van der Waals surface area contributed by atoms with Crippen LogP contribution in [0.25, 0.3) is 0 Å². The Labute approximate surface area is 120 Å². The lowest BCUT2D eigenvalue weighted by molar-refractivity contribution is -0.149. The molecule has 1 N–H and O–H groups in total. The smallest absolute Gasteiger partial charge is 0.307 e. The highest BCUT2D eigenvalue weighted by Crippen LogP contribution is 2.38. The van der Waals surface area contributed by atoms with Gasteiger partial charge in [-0.2, -0.15) is 0 Å². The van der Waals surface area contributed by atoms with Gasteiger partial charge in [0.05, 0.1) is 11.8 Å². The number of aliphatic carboxylic acids is 1. The fraction of sp³-hybridized carbons (Fsp3) is 0.750. The molecule has 0 radical (unpaired) electrons. The van der Waals surface area contributed by atoms with Crippen LogP contribution in [0.4, 0.5) is 0 Å². The quantitative estimate of drug-likeness (QED) is 0.787. The number of rotatable bonds is 5. The lowest BCUT2D eigenvalue weighted by Crippen LogP contribution is -2.44. The summed E-state index contributed by atoms with van der Waals surface area (Å²) in [6.07, 6.45) is 7.49. The minimum atomic E-state index is -0.822. The van der Waals surface area contributed by atoms with Crippen molar-refractivity contribution in [1.82, 2.24) is 4.90 Å². The van der Waals surface area contributed by atoms with Crippen molar-refractivity contribution < 1.29 is 14.7 Å². The first-order valence-corrected chi connectivity index (χ1v) is 7.68. The second kappa shape index (κ2) is 6.42. The van der Waals surface area contributed by atoms with Gasteiger partial charge < -0.3 is 10.0 Å². The number of hydrogen-bond donors (Lipinski definition) is 1. The van der Waals surface area contributed by atoms with Gasteiger partial charge in [0.1, 0.15) is 0 Å². The predicted octanol–water partition coefficient (Wildman–Crippen LogP) is 2.69. The van der Waals surface area contributed by atoms with Crippen LogP contribution in [-0.4, -0.2) is 34.5 Å². The normalized spacial score (nSPS) is 30.4. The van der Waals surface area contributed by atoms with Crippen LogP contribution in [0.1, 0.15) is 45.4 Å². The maximum absolute atomic E-state index is 12.8. The Balaban J connectivity index is 2.13. The molecule has 3 atom stereocenters. The third-order valence-corrected chi connectivity index (χ3v) is 4.81. The highest BCUT2D eigenvalue weighted by Gasteiger charge is 2.43. The number of carboxylic acids is 1. The Morgan fingerprint density at radius 3 is 2.40 bits per heavy atom. The second-order valence-corrected chi connectivity index (χ2v) is 6.35. The van der Waals surface area contributed by atoms with E-state index in [1.54, 1.807) is 6.08 Å². The molecule has 0 aromatic rings. The Kier molecular flexibility index (Phi) is 4.84. The Morgan fingerprint density at radius 2 is 1.85 bits per heavy atom. The van der Waals surface area contributed by atoms with Crippen molar-refractivity contribution >= 4 is 11.9 Å². The van der Waals surface area contributed by atoms with Gasteiger partial charge in [-0.15, -0.1) is 6.58 Å². The van der Waals surface area contributed by atoms with Crippen molar-refractivity contribution in [2.24, 2.45) is 17.8 Å². The molecule has 112 valence electrons. The fourth-order valence-corrected chi connectivity index (χ4v) is 3.82. The SMILES string of the molecule is C=CCN(C(=O)[C@H]1CC(C)C[C@H]1C(=O)O)C1CCCC1. The average molecular weight is 279 g/mol. The van der Waals surface area contributed by atoms with E-state index >= 15 is 0 Å². The van der Waals surface area contributed by atoms with E-state index in [1.165, 1.54) is 0 Å². The molecule has 0 heterocycles. The summed E-state index contributed by atoms with van der Waals surface area (Å²) >= 11 is 0. The van der Waals surface area contributed by atoms with Crippen LogP contribution in [0.2, 0.25) is 0 Å². The van der Waals surface area contributed by atoms with Crippen molar-refractivity contribution in [3.63, 3.8) is 0 Å². The van der Waals surface area contributed by atoms with Crippen LogP contribution in [0.3, 0.4) is 0 Å². The molecule has 1 unspecified atom stereocenters. The standard InChI is InChI=1S/C16H25NO3/c1-3-8-17(12-6-4-5-7-12)15(18)13-9-11(2)10-14(13)16(19)20/h3,11-14H,1,4-10H2,2H3,(H,19,20)/t11?,13-,14+/m0/s1. The van der Waals surface area contributed by atoms with Crippen LogP contribution >= 0.6 is 0 Å². The average Bonchev–Trinajstić information content (AvgIpc) is 3.04. The lowest BCUT2D eigenvalue weighted by Gasteiger charge is -2.31. The van der Waals surface area contributed by atoms with Crippen molar-refractivity contribution in [3.8, 4) is 0 Å². The molecule has 0 saturated heterocycles. The molecule has 0 bridgehead atoms. The van der Waals surface area contributed by atoms with E-state index in [0.29, 0.717) is 25.3 Å². The third-order valence-electron chi connectivity index (χ3n) is 4.81. The summed E-state index contributed by atoms with van der Waals surface area (Å²) in [7, 11) is 0. The molecule has 0 aliphatic heterocycles. The monoisotopic (exact) mass is 279 g/mol. The fourth-order valence-electron chi connectivity index (χ4n) is 3.82. The van der Waals surface area contributed by atoms with Gasteiger partial charge in [-0.25, -0.2) is 0 Å². The Bertz CT molecular complexity index is 383. The molecule has 4 nitrogen and oxygen atoms in total. The number of carbonyl (C=O) groups excluding carboxylic acids is 1. The van der Waals surface area contributed by atoms with Crippen molar-refractivity contribution in [1.29, 1.82) is 0 Å². The molecule has 0 aromatic carbocycles. The summed E-state index contributed by atoms with van der Waals surface area (Å²) in [5.74, 6) is -1.32. The highest BCUT2D eigenvalue weighted by atomic mass is 16.4. The van der Waals surface area contributed by atoms with Crippen molar-refractivity contribution in [3.05, 3.63) is 12.7 Å².